The Hall–Kier alpha value is -2.93. The number of methoxy groups -OCH3 is 1. The molecule has 2 aromatic rings. The summed E-state index contributed by atoms with van der Waals surface area (Å²) in [5.74, 6) is -0.648. The standard InChI is InChI=1S/C19H21N3O4/c1-25-19(24)13-4-2-5-14(10-13)22-15-7-8-20-17(11-15)18(23)21-12-16-6-3-9-26-16/h2,4-5,7-8,10-11,16H,3,6,9,12H2,1H3,(H,20,22)(H,21,23). The van der Waals surface area contributed by atoms with Gasteiger partial charge in [-0.2, -0.15) is 0 Å². The Balaban J connectivity index is 1.65. The first-order valence-electron chi connectivity index (χ1n) is 8.47. The van der Waals surface area contributed by atoms with Gasteiger partial charge >= 0.3 is 5.97 Å². The topological polar surface area (TPSA) is 89.5 Å². The second-order valence-corrected chi connectivity index (χ2v) is 5.97. The fourth-order valence-electron chi connectivity index (χ4n) is 2.74. The molecule has 1 aliphatic heterocycles. The predicted octanol–water partition coefficient (Wildman–Crippen LogP) is 2.52. The number of benzene rings is 1. The molecule has 1 unspecified atom stereocenters. The maximum absolute atomic E-state index is 12.3. The number of nitrogens with one attached hydrogen (secondary N) is 2. The molecule has 2 N–H and O–H groups in total. The smallest absolute Gasteiger partial charge is 0.337 e. The summed E-state index contributed by atoms with van der Waals surface area (Å²) in [5, 5.41) is 6.01. The summed E-state index contributed by atoms with van der Waals surface area (Å²) in [7, 11) is 1.34. The van der Waals surface area contributed by atoms with E-state index in [1.807, 2.05) is 6.07 Å². The van der Waals surface area contributed by atoms with Crippen LogP contribution in [0.2, 0.25) is 0 Å². The molecule has 2 heterocycles. The van der Waals surface area contributed by atoms with E-state index in [-0.39, 0.29) is 12.0 Å². The molecule has 0 spiro atoms. The van der Waals surface area contributed by atoms with Crippen LogP contribution in [-0.2, 0) is 9.47 Å². The Morgan fingerprint density at radius 2 is 2.12 bits per heavy atom. The molecular weight excluding hydrogens is 334 g/mol. The number of nitrogens with zero attached hydrogens (tertiary/aromatic N) is 1. The van der Waals surface area contributed by atoms with Gasteiger partial charge < -0.3 is 20.1 Å². The van der Waals surface area contributed by atoms with Gasteiger partial charge in [0.25, 0.3) is 5.91 Å². The van der Waals surface area contributed by atoms with Gasteiger partial charge in [0.05, 0.1) is 18.8 Å². The van der Waals surface area contributed by atoms with E-state index in [9.17, 15) is 9.59 Å². The Labute approximate surface area is 151 Å². The highest BCUT2D eigenvalue weighted by Crippen LogP contribution is 2.18. The minimum atomic E-state index is -0.405. The minimum absolute atomic E-state index is 0.0846. The first kappa shape index (κ1) is 17.9. The van der Waals surface area contributed by atoms with Crippen LogP contribution in [0.5, 0.6) is 0 Å². The van der Waals surface area contributed by atoms with E-state index in [4.69, 9.17) is 9.47 Å². The van der Waals surface area contributed by atoms with Crippen LogP contribution in [0.25, 0.3) is 0 Å². The molecule has 1 atom stereocenters. The van der Waals surface area contributed by atoms with Crippen molar-refractivity contribution in [2.24, 2.45) is 0 Å². The Kier molecular flexibility index (Phi) is 5.80. The SMILES string of the molecule is COC(=O)c1cccc(Nc2ccnc(C(=O)NCC3CCCO3)c2)c1. The average molecular weight is 355 g/mol. The highest BCUT2D eigenvalue weighted by molar-refractivity contribution is 5.93. The molecule has 1 aromatic heterocycles. The zero-order valence-electron chi connectivity index (χ0n) is 14.5. The lowest BCUT2D eigenvalue weighted by atomic mass is 10.2. The van der Waals surface area contributed by atoms with Gasteiger partial charge in [-0.3, -0.25) is 9.78 Å². The number of esters is 1. The quantitative estimate of drug-likeness (QED) is 0.774. The second-order valence-electron chi connectivity index (χ2n) is 5.97. The van der Waals surface area contributed by atoms with E-state index >= 15 is 0 Å². The van der Waals surface area contributed by atoms with Gasteiger partial charge in [0.15, 0.2) is 0 Å². The molecule has 3 rings (SSSR count). The molecule has 1 amide bonds. The lowest BCUT2D eigenvalue weighted by molar-refractivity contribution is 0.0600. The Bertz CT molecular complexity index is 788. The molecule has 0 aliphatic carbocycles. The lowest BCUT2D eigenvalue weighted by Gasteiger charge is -2.11. The molecule has 7 heteroatoms. The fourth-order valence-corrected chi connectivity index (χ4v) is 2.74. The van der Waals surface area contributed by atoms with Crippen molar-refractivity contribution in [2.75, 3.05) is 25.6 Å². The van der Waals surface area contributed by atoms with Gasteiger partial charge in [0.1, 0.15) is 5.69 Å². The van der Waals surface area contributed by atoms with E-state index in [0.717, 1.165) is 19.4 Å². The number of ether oxygens (including phenoxy) is 2. The number of rotatable bonds is 6. The number of pyridine rings is 1. The maximum atomic E-state index is 12.3. The number of aromatic nitrogens is 1. The number of anilines is 2. The molecule has 1 saturated heterocycles. The van der Waals surface area contributed by atoms with Crippen molar-refractivity contribution in [3.05, 3.63) is 53.9 Å². The van der Waals surface area contributed by atoms with Crippen molar-refractivity contribution in [3.8, 4) is 0 Å². The first-order valence-corrected chi connectivity index (χ1v) is 8.47. The fraction of sp³-hybridized carbons (Fsp3) is 0.316. The third kappa shape index (κ3) is 4.58. The summed E-state index contributed by atoms with van der Waals surface area (Å²) in [4.78, 5) is 28.0. The number of carbonyl (C=O) groups excluding carboxylic acids is 2. The van der Waals surface area contributed by atoms with Crippen LogP contribution in [0, 0.1) is 0 Å². The number of carbonyl (C=O) groups is 2. The number of hydrogen-bond acceptors (Lipinski definition) is 6. The summed E-state index contributed by atoms with van der Waals surface area (Å²) in [6.07, 6.45) is 3.64. The summed E-state index contributed by atoms with van der Waals surface area (Å²) in [5.41, 5.74) is 2.17. The number of hydrogen-bond donors (Lipinski definition) is 2. The van der Waals surface area contributed by atoms with Gasteiger partial charge in [0, 0.05) is 30.7 Å². The van der Waals surface area contributed by atoms with Crippen molar-refractivity contribution in [1.29, 1.82) is 0 Å². The van der Waals surface area contributed by atoms with E-state index in [0.29, 0.717) is 29.2 Å². The molecule has 0 saturated carbocycles. The van der Waals surface area contributed by atoms with Crippen LogP contribution in [0.4, 0.5) is 11.4 Å². The second kappa shape index (κ2) is 8.44. The third-order valence-electron chi connectivity index (χ3n) is 4.08. The Morgan fingerprint density at radius 1 is 1.27 bits per heavy atom. The molecule has 7 nitrogen and oxygen atoms in total. The molecular formula is C19H21N3O4. The molecule has 1 fully saturated rings. The van der Waals surface area contributed by atoms with Gasteiger partial charge in [-0.1, -0.05) is 6.07 Å². The van der Waals surface area contributed by atoms with E-state index in [2.05, 4.69) is 15.6 Å². The van der Waals surface area contributed by atoms with Crippen LogP contribution in [0.3, 0.4) is 0 Å². The third-order valence-corrected chi connectivity index (χ3v) is 4.08. The van der Waals surface area contributed by atoms with Gasteiger partial charge in [0.2, 0.25) is 0 Å². The summed E-state index contributed by atoms with van der Waals surface area (Å²) >= 11 is 0. The van der Waals surface area contributed by atoms with Crippen LogP contribution < -0.4 is 10.6 Å². The zero-order valence-corrected chi connectivity index (χ0v) is 14.5. The maximum Gasteiger partial charge on any atom is 0.337 e. The Morgan fingerprint density at radius 3 is 2.88 bits per heavy atom. The highest BCUT2D eigenvalue weighted by atomic mass is 16.5. The molecule has 0 bridgehead atoms. The number of amides is 1. The van der Waals surface area contributed by atoms with Crippen LogP contribution in [-0.4, -0.2) is 43.2 Å². The van der Waals surface area contributed by atoms with Crippen LogP contribution in [0.15, 0.2) is 42.6 Å². The predicted molar refractivity (Wildman–Crippen MR) is 96.6 cm³/mol. The molecule has 26 heavy (non-hydrogen) atoms. The molecule has 1 aromatic carbocycles. The van der Waals surface area contributed by atoms with Crippen molar-refractivity contribution < 1.29 is 19.1 Å². The summed E-state index contributed by atoms with van der Waals surface area (Å²) in [6, 6.07) is 10.4. The van der Waals surface area contributed by atoms with E-state index in [1.54, 1.807) is 36.5 Å². The zero-order chi connectivity index (χ0) is 18.4. The normalized spacial score (nSPS) is 16.1. The van der Waals surface area contributed by atoms with Gasteiger partial charge in [-0.15, -0.1) is 0 Å². The van der Waals surface area contributed by atoms with Crippen LogP contribution in [0.1, 0.15) is 33.7 Å². The summed E-state index contributed by atoms with van der Waals surface area (Å²) in [6.45, 7) is 1.24. The first-order chi connectivity index (χ1) is 12.7. The average Bonchev–Trinajstić information content (AvgIpc) is 3.19. The van der Waals surface area contributed by atoms with Crippen molar-refractivity contribution in [1.82, 2.24) is 10.3 Å². The largest absolute Gasteiger partial charge is 0.465 e. The van der Waals surface area contributed by atoms with Gasteiger partial charge in [-0.05, 0) is 43.2 Å². The van der Waals surface area contributed by atoms with Crippen molar-refractivity contribution in [3.63, 3.8) is 0 Å². The molecule has 1 aliphatic rings. The summed E-state index contributed by atoms with van der Waals surface area (Å²) < 4.78 is 10.2. The van der Waals surface area contributed by atoms with E-state index < -0.39 is 5.97 Å². The highest BCUT2D eigenvalue weighted by Gasteiger charge is 2.17. The monoisotopic (exact) mass is 355 g/mol. The molecule has 0 radical (unpaired) electrons. The van der Waals surface area contributed by atoms with Crippen molar-refractivity contribution >= 4 is 23.3 Å². The van der Waals surface area contributed by atoms with Crippen molar-refractivity contribution in [2.45, 2.75) is 18.9 Å². The van der Waals surface area contributed by atoms with E-state index in [1.165, 1.54) is 7.11 Å². The van der Waals surface area contributed by atoms with Crippen LogP contribution >= 0.6 is 0 Å². The van der Waals surface area contributed by atoms with Gasteiger partial charge in [-0.25, -0.2) is 4.79 Å². The molecule has 136 valence electrons. The lowest BCUT2D eigenvalue weighted by Crippen LogP contribution is -2.32. The minimum Gasteiger partial charge on any atom is -0.465 e.